The van der Waals surface area contributed by atoms with Gasteiger partial charge in [-0.1, -0.05) is 47.5 Å². The van der Waals surface area contributed by atoms with Crippen LogP contribution in [-0.2, 0) is 4.79 Å². The SMILES string of the molecule is O=C(CNc1cc(Cl)cc(Cl)c1)Nc1cccc(OCCOc2ccccc2)c1. The van der Waals surface area contributed by atoms with Gasteiger partial charge in [0.1, 0.15) is 24.7 Å². The first kappa shape index (κ1) is 20.8. The van der Waals surface area contributed by atoms with Gasteiger partial charge in [-0.2, -0.15) is 0 Å². The van der Waals surface area contributed by atoms with E-state index in [4.69, 9.17) is 32.7 Å². The van der Waals surface area contributed by atoms with Crippen LogP contribution in [0.2, 0.25) is 10.0 Å². The van der Waals surface area contributed by atoms with Gasteiger partial charge in [-0.15, -0.1) is 0 Å². The van der Waals surface area contributed by atoms with Crippen molar-refractivity contribution < 1.29 is 14.3 Å². The Morgan fingerprint density at radius 3 is 2.14 bits per heavy atom. The fourth-order valence-corrected chi connectivity index (χ4v) is 3.07. The van der Waals surface area contributed by atoms with Crippen molar-refractivity contribution in [2.75, 3.05) is 30.4 Å². The number of ether oxygens (including phenoxy) is 2. The summed E-state index contributed by atoms with van der Waals surface area (Å²) in [6.45, 7) is 0.892. The van der Waals surface area contributed by atoms with Crippen LogP contribution < -0.4 is 20.1 Å². The van der Waals surface area contributed by atoms with E-state index >= 15 is 0 Å². The predicted octanol–water partition coefficient (Wildman–Crippen LogP) is 5.50. The van der Waals surface area contributed by atoms with Crippen LogP contribution in [0.15, 0.2) is 72.8 Å². The first-order valence-corrected chi connectivity index (χ1v) is 9.74. The van der Waals surface area contributed by atoms with E-state index in [1.54, 1.807) is 30.3 Å². The molecular formula is C22H20Cl2N2O3. The molecule has 3 rings (SSSR count). The smallest absolute Gasteiger partial charge is 0.243 e. The lowest BCUT2D eigenvalue weighted by molar-refractivity contribution is -0.114. The van der Waals surface area contributed by atoms with Gasteiger partial charge in [-0.05, 0) is 42.5 Å². The van der Waals surface area contributed by atoms with Crippen LogP contribution >= 0.6 is 23.2 Å². The lowest BCUT2D eigenvalue weighted by atomic mass is 10.3. The number of anilines is 2. The average molecular weight is 431 g/mol. The lowest BCUT2D eigenvalue weighted by Crippen LogP contribution is -2.21. The van der Waals surface area contributed by atoms with Gasteiger partial charge in [0.25, 0.3) is 0 Å². The standard InChI is InChI=1S/C22H20Cl2N2O3/c23-16-11-17(24)13-19(12-16)25-15-22(27)26-18-5-4-8-21(14-18)29-10-9-28-20-6-2-1-3-7-20/h1-8,11-14,25H,9-10,15H2,(H,26,27). The Morgan fingerprint density at radius 2 is 1.41 bits per heavy atom. The minimum absolute atomic E-state index is 0.0761. The molecule has 0 bridgehead atoms. The molecule has 3 aromatic rings. The molecule has 0 atom stereocenters. The molecule has 150 valence electrons. The average Bonchev–Trinajstić information content (AvgIpc) is 2.70. The summed E-state index contributed by atoms with van der Waals surface area (Å²) >= 11 is 11.9. The number of carbonyl (C=O) groups excluding carboxylic acids is 1. The van der Waals surface area contributed by atoms with Crippen LogP contribution in [0, 0.1) is 0 Å². The van der Waals surface area contributed by atoms with Crippen LogP contribution in [0.4, 0.5) is 11.4 Å². The first-order chi connectivity index (χ1) is 14.1. The zero-order valence-electron chi connectivity index (χ0n) is 15.5. The Bertz CT molecular complexity index is 932. The van der Waals surface area contributed by atoms with Crippen molar-refractivity contribution in [2.45, 2.75) is 0 Å². The molecule has 2 N–H and O–H groups in total. The molecule has 0 aliphatic rings. The van der Waals surface area contributed by atoms with Gasteiger partial charge in [0.15, 0.2) is 0 Å². The Kier molecular flexibility index (Phi) is 7.61. The molecule has 7 heteroatoms. The topological polar surface area (TPSA) is 59.6 Å². The maximum absolute atomic E-state index is 12.2. The third kappa shape index (κ3) is 7.22. The van der Waals surface area contributed by atoms with Crippen molar-refractivity contribution in [3.63, 3.8) is 0 Å². The van der Waals surface area contributed by atoms with Crippen molar-refractivity contribution >= 4 is 40.5 Å². The maximum atomic E-state index is 12.2. The molecule has 0 aliphatic heterocycles. The van der Waals surface area contributed by atoms with Crippen LogP contribution in [-0.4, -0.2) is 25.7 Å². The van der Waals surface area contributed by atoms with E-state index in [-0.39, 0.29) is 12.5 Å². The second kappa shape index (κ2) is 10.6. The molecule has 0 unspecified atom stereocenters. The third-order valence-electron chi connectivity index (χ3n) is 3.80. The summed E-state index contributed by atoms with van der Waals surface area (Å²) in [6, 6.07) is 21.8. The van der Waals surface area contributed by atoms with Gasteiger partial charge in [-0.25, -0.2) is 0 Å². The normalized spacial score (nSPS) is 10.3. The van der Waals surface area contributed by atoms with Gasteiger partial charge in [0.2, 0.25) is 5.91 Å². The van der Waals surface area contributed by atoms with E-state index in [2.05, 4.69) is 10.6 Å². The highest BCUT2D eigenvalue weighted by atomic mass is 35.5. The summed E-state index contributed by atoms with van der Waals surface area (Å²) in [7, 11) is 0. The van der Waals surface area contributed by atoms with Crippen molar-refractivity contribution in [1.82, 2.24) is 0 Å². The van der Waals surface area contributed by atoms with Crippen LogP contribution in [0.5, 0.6) is 11.5 Å². The molecular weight excluding hydrogens is 411 g/mol. The molecule has 0 heterocycles. The highest BCUT2D eigenvalue weighted by molar-refractivity contribution is 6.35. The van der Waals surface area contributed by atoms with E-state index in [0.29, 0.717) is 40.4 Å². The zero-order valence-corrected chi connectivity index (χ0v) is 17.0. The molecule has 29 heavy (non-hydrogen) atoms. The summed E-state index contributed by atoms with van der Waals surface area (Å²) in [6.07, 6.45) is 0. The monoisotopic (exact) mass is 430 g/mol. The fourth-order valence-electron chi connectivity index (χ4n) is 2.54. The maximum Gasteiger partial charge on any atom is 0.243 e. The summed E-state index contributed by atoms with van der Waals surface area (Å²) in [5, 5.41) is 6.81. The third-order valence-corrected chi connectivity index (χ3v) is 4.23. The number of halogens is 2. The van der Waals surface area contributed by atoms with E-state index < -0.39 is 0 Å². The van der Waals surface area contributed by atoms with Crippen LogP contribution in [0.3, 0.4) is 0 Å². The fraction of sp³-hybridized carbons (Fsp3) is 0.136. The minimum Gasteiger partial charge on any atom is -0.490 e. The molecule has 0 aromatic heterocycles. The Labute approximate surface area is 179 Å². The van der Waals surface area contributed by atoms with E-state index in [9.17, 15) is 4.79 Å². The highest BCUT2D eigenvalue weighted by Gasteiger charge is 2.05. The summed E-state index contributed by atoms with van der Waals surface area (Å²) in [5.74, 6) is 1.24. The largest absolute Gasteiger partial charge is 0.490 e. The lowest BCUT2D eigenvalue weighted by Gasteiger charge is -2.11. The van der Waals surface area contributed by atoms with E-state index in [1.807, 2.05) is 42.5 Å². The van der Waals surface area contributed by atoms with Crippen molar-refractivity contribution in [3.05, 3.63) is 82.8 Å². The number of amides is 1. The second-order valence-electron chi connectivity index (χ2n) is 6.10. The number of rotatable bonds is 9. The van der Waals surface area contributed by atoms with Gasteiger partial charge >= 0.3 is 0 Å². The summed E-state index contributed by atoms with van der Waals surface area (Å²) in [4.78, 5) is 12.2. The van der Waals surface area contributed by atoms with E-state index in [1.165, 1.54) is 0 Å². The quantitative estimate of drug-likeness (QED) is 0.439. The predicted molar refractivity (Wildman–Crippen MR) is 117 cm³/mol. The number of hydrogen-bond acceptors (Lipinski definition) is 4. The molecule has 5 nitrogen and oxygen atoms in total. The molecule has 0 aliphatic carbocycles. The number of para-hydroxylation sites is 1. The summed E-state index contributed by atoms with van der Waals surface area (Å²) in [5.41, 5.74) is 1.32. The molecule has 0 saturated carbocycles. The molecule has 0 fully saturated rings. The van der Waals surface area contributed by atoms with Crippen LogP contribution in [0.25, 0.3) is 0 Å². The Balaban J connectivity index is 1.44. The Morgan fingerprint density at radius 1 is 0.759 bits per heavy atom. The summed E-state index contributed by atoms with van der Waals surface area (Å²) < 4.78 is 11.3. The van der Waals surface area contributed by atoms with Crippen molar-refractivity contribution in [2.24, 2.45) is 0 Å². The molecule has 1 amide bonds. The van der Waals surface area contributed by atoms with Crippen LogP contribution in [0.1, 0.15) is 0 Å². The van der Waals surface area contributed by atoms with Crippen molar-refractivity contribution in [1.29, 1.82) is 0 Å². The zero-order chi connectivity index (χ0) is 20.5. The second-order valence-corrected chi connectivity index (χ2v) is 6.97. The van der Waals surface area contributed by atoms with Gasteiger partial charge in [0.05, 0.1) is 6.54 Å². The van der Waals surface area contributed by atoms with Gasteiger partial charge < -0.3 is 20.1 Å². The molecule has 0 spiro atoms. The number of hydrogen-bond donors (Lipinski definition) is 2. The first-order valence-electron chi connectivity index (χ1n) is 8.99. The van der Waals surface area contributed by atoms with Gasteiger partial charge in [-0.3, -0.25) is 4.79 Å². The number of carbonyl (C=O) groups is 1. The molecule has 3 aromatic carbocycles. The highest BCUT2D eigenvalue weighted by Crippen LogP contribution is 2.22. The minimum atomic E-state index is -0.203. The molecule has 0 saturated heterocycles. The number of nitrogens with one attached hydrogen (secondary N) is 2. The number of benzene rings is 3. The van der Waals surface area contributed by atoms with Gasteiger partial charge in [0, 0.05) is 27.5 Å². The Hall–Kier alpha value is -2.89. The molecule has 0 radical (unpaired) electrons. The van der Waals surface area contributed by atoms with E-state index in [0.717, 1.165) is 5.75 Å². The van der Waals surface area contributed by atoms with Crippen molar-refractivity contribution in [3.8, 4) is 11.5 Å².